The topological polar surface area (TPSA) is 98.5 Å². The van der Waals surface area contributed by atoms with Gasteiger partial charge in [-0.2, -0.15) is 4.72 Å². The minimum absolute atomic E-state index is 0.0584. The van der Waals surface area contributed by atoms with Gasteiger partial charge in [0.25, 0.3) is 0 Å². The van der Waals surface area contributed by atoms with Crippen molar-refractivity contribution in [2.24, 2.45) is 5.73 Å². The molecule has 0 heterocycles. The van der Waals surface area contributed by atoms with Gasteiger partial charge in [-0.1, -0.05) is 24.4 Å². The van der Waals surface area contributed by atoms with Gasteiger partial charge in [0.05, 0.1) is 17.0 Å². The molecule has 0 fully saturated rings. The number of sulfonamides is 1. The Hall–Kier alpha value is -1.51. The van der Waals surface area contributed by atoms with Gasteiger partial charge in [-0.15, -0.1) is 0 Å². The smallest absolute Gasteiger partial charge is 0.320 e. The Balaban J connectivity index is 2.79. The van der Waals surface area contributed by atoms with Gasteiger partial charge in [0, 0.05) is 6.42 Å². The monoisotopic (exact) mass is 302 g/mol. The van der Waals surface area contributed by atoms with E-state index in [0.717, 1.165) is 5.56 Å². The summed E-state index contributed by atoms with van der Waals surface area (Å²) in [4.78, 5) is 11.3. The maximum Gasteiger partial charge on any atom is 0.320 e. The summed E-state index contributed by atoms with van der Waals surface area (Å²) in [5.41, 5.74) is 6.21. The van der Waals surface area contributed by atoms with Crippen LogP contribution in [0.1, 0.15) is 5.56 Å². The molecule has 0 aliphatic carbocycles. The van der Waals surface area contributed by atoms with E-state index < -0.39 is 22.5 Å². The van der Waals surface area contributed by atoms with Crippen molar-refractivity contribution in [2.45, 2.75) is 11.3 Å². The summed E-state index contributed by atoms with van der Waals surface area (Å²) in [6.45, 7) is -0.409. The van der Waals surface area contributed by atoms with Gasteiger partial charge in [0.1, 0.15) is 6.54 Å². The molecule has 0 saturated carbocycles. The number of carbonyl (C=O) groups excluding carboxylic acids is 1. The molecular weight excluding hydrogens is 288 g/mol. The van der Waals surface area contributed by atoms with Crippen LogP contribution in [0.3, 0.4) is 0 Å². The van der Waals surface area contributed by atoms with Crippen molar-refractivity contribution in [3.05, 3.63) is 29.8 Å². The molecule has 0 aromatic heterocycles. The summed E-state index contributed by atoms with van der Waals surface area (Å²) in [5, 5.41) is 0. The first-order valence-electron chi connectivity index (χ1n) is 5.29. The molecule has 0 aliphatic heterocycles. The van der Waals surface area contributed by atoms with Crippen molar-refractivity contribution in [1.29, 1.82) is 0 Å². The van der Waals surface area contributed by atoms with Crippen LogP contribution in [0.25, 0.3) is 0 Å². The standard InChI is InChI=1S/C11H14N2O4S2/c1-17-11(14)7-13-19(15,16)9-4-2-8(3-5-9)6-10(12)18/h2-5,13H,6-7H2,1H3,(H2,12,18). The predicted octanol–water partition coefficient (Wildman–Crippen LogP) is -0.0335. The first kappa shape index (κ1) is 15.5. The number of nitrogens with one attached hydrogen (secondary N) is 1. The normalized spacial score (nSPS) is 11.0. The Morgan fingerprint density at radius 3 is 2.42 bits per heavy atom. The van der Waals surface area contributed by atoms with E-state index in [9.17, 15) is 13.2 Å². The summed E-state index contributed by atoms with van der Waals surface area (Å²) < 4.78 is 30.1. The van der Waals surface area contributed by atoms with E-state index >= 15 is 0 Å². The number of carbonyl (C=O) groups is 1. The number of rotatable bonds is 6. The second-order valence-electron chi connectivity index (χ2n) is 3.69. The molecule has 1 aromatic carbocycles. The minimum Gasteiger partial charge on any atom is -0.468 e. The number of benzene rings is 1. The van der Waals surface area contributed by atoms with Gasteiger partial charge in [-0.05, 0) is 17.7 Å². The van der Waals surface area contributed by atoms with Crippen LogP contribution >= 0.6 is 12.2 Å². The third kappa shape index (κ3) is 4.93. The fourth-order valence-corrected chi connectivity index (χ4v) is 2.43. The third-order valence-electron chi connectivity index (χ3n) is 2.25. The van der Waals surface area contributed by atoms with Gasteiger partial charge >= 0.3 is 5.97 Å². The second kappa shape index (κ2) is 6.60. The lowest BCUT2D eigenvalue weighted by molar-refractivity contribution is -0.139. The molecule has 0 bridgehead atoms. The van der Waals surface area contributed by atoms with Crippen molar-refractivity contribution in [3.63, 3.8) is 0 Å². The SMILES string of the molecule is COC(=O)CNS(=O)(=O)c1ccc(CC(N)=S)cc1. The quantitative estimate of drug-likeness (QED) is 0.565. The molecule has 8 heteroatoms. The number of esters is 1. The summed E-state index contributed by atoms with van der Waals surface area (Å²) >= 11 is 4.76. The highest BCUT2D eigenvalue weighted by atomic mass is 32.2. The highest BCUT2D eigenvalue weighted by molar-refractivity contribution is 7.89. The van der Waals surface area contributed by atoms with Crippen LogP contribution in [-0.4, -0.2) is 33.0 Å². The molecule has 0 amide bonds. The van der Waals surface area contributed by atoms with E-state index in [-0.39, 0.29) is 4.90 Å². The van der Waals surface area contributed by atoms with Crippen LogP contribution in [0, 0.1) is 0 Å². The molecule has 0 radical (unpaired) electrons. The molecule has 19 heavy (non-hydrogen) atoms. The molecule has 0 unspecified atom stereocenters. The summed E-state index contributed by atoms with van der Waals surface area (Å²) in [7, 11) is -2.54. The Morgan fingerprint density at radius 2 is 1.95 bits per heavy atom. The van der Waals surface area contributed by atoms with E-state index in [1.165, 1.54) is 19.2 Å². The van der Waals surface area contributed by atoms with Gasteiger partial charge in [-0.25, -0.2) is 8.42 Å². The third-order valence-corrected chi connectivity index (χ3v) is 3.81. The average Bonchev–Trinajstić information content (AvgIpc) is 2.36. The lowest BCUT2D eigenvalue weighted by Gasteiger charge is -2.06. The number of methoxy groups -OCH3 is 1. The largest absolute Gasteiger partial charge is 0.468 e. The summed E-state index contributed by atoms with van der Waals surface area (Å²) in [6, 6.07) is 6.08. The first-order valence-corrected chi connectivity index (χ1v) is 7.18. The van der Waals surface area contributed by atoms with Gasteiger partial charge in [0.2, 0.25) is 10.0 Å². The van der Waals surface area contributed by atoms with Crippen LogP contribution in [0.2, 0.25) is 0 Å². The van der Waals surface area contributed by atoms with Crippen molar-refractivity contribution in [2.75, 3.05) is 13.7 Å². The van der Waals surface area contributed by atoms with E-state index in [4.69, 9.17) is 18.0 Å². The number of thiocarbonyl (C=S) groups is 1. The van der Waals surface area contributed by atoms with Crippen molar-refractivity contribution >= 4 is 33.2 Å². The van der Waals surface area contributed by atoms with Crippen LogP contribution in [-0.2, 0) is 26.0 Å². The molecule has 0 aliphatic rings. The molecule has 0 atom stereocenters. The van der Waals surface area contributed by atoms with Crippen LogP contribution in [0.4, 0.5) is 0 Å². The van der Waals surface area contributed by atoms with E-state index in [2.05, 4.69) is 9.46 Å². The van der Waals surface area contributed by atoms with Crippen LogP contribution in [0.5, 0.6) is 0 Å². The molecule has 1 rings (SSSR count). The molecule has 0 saturated heterocycles. The molecular formula is C11H14N2O4S2. The average molecular weight is 302 g/mol. The zero-order valence-corrected chi connectivity index (χ0v) is 11.9. The van der Waals surface area contributed by atoms with Crippen molar-refractivity contribution in [3.8, 4) is 0 Å². The Kier molecular flexibility index (Phi) is 5.40. The van der Waals surface area contributed by atoms with E-state index in [0.29, 0.717) is 11.4 Å². The summed E-state index contributed by atoms with van der Waals surface area (Å²) in [5.74, 6) is -0.659. The number of ether oxygens (including phenoxy) is 1. The van der Waals surface area contributed by atoms with Crippen LogP contribution < -0.4 is 10.5 Å². The lowest BCUT2D eigenvalue weighted by atomic mass is 10.1. The predicted molar refractivity (Wildman–Crippen MR) is 74.1 cm³/mol. The zero-order valence-electron chi connectivity index (χ0n) is 10.3. The van der Waals surface area contributed by atoms with E-state index in [1.54, 1.807) is 12.1 Å². The van der Waals surface area contributed by atoms with E-state index in [1.807, 2.05) is 0 Å². The lowest BCUT2D eigenvalue weighted by Crippen LogP contribution is -2.30. The van der Waals surface area contributed by atoms with Gasteiger partial charge in [0.15, 0.2) is 0 Å². The zero-order chi connectivity index (χ0) is 14.5. The Morgan fingerprint density at radius 1 is 1.37 bits per heavy atom. The van der Waals surface area contributed by atoms with Gasteiger partial charge < -0.3 is 10.5 Å². The highest BCUT2D eigenvalue weighted by Gasteiger charge is 2.15. The number of nitrogens with two attached hydrogens (primary N) is 1. The van der Waals surface area contributed by atoms with Crippen molar-refractivity contribution in [1.82, 2.24) is 4.72 Å². The Labute approximate surface area is 117 Å². The fraction of sp³-hybridized carbons (Fsp3) is 0.273. The molecule has 3 N–H and O–H groups in total. The number of hydrogen-bond donors (Lipinski definition) is 2. The molecule has 0 spiro atoms. The minimum atomic E-state index is -3.73. The highest BCUT2D eigenvalue weighted by Crippen LogP contribution is 2.10. The maximum atomic E-state index is 11.8. The first-order chi connectivity index (χ1) is 8.85. The fourth-order valence-electron chi connectivity index (χ4n) is 1.30. The van der Waals surface area contributed by atoms with Crippen LogP contribution in [0.15, 0.2) is 29.2 Å². The Bertz CT molecular complexity index is 567. The maximum absolute atomic E-state index is 11.8. The van der Waals surface area contributed by atoms with Crippen molar-refractivity contribution < 1.29 is 17.9 Å². The molecule has 1 aromatic rings. The second-order valence-corrected chi connectivity index (χ2v) is 5.98. The number of hydrogen-bond acceptors (Lipinski definition) is 5. The summed E-state index contributed by atoms with van der Waals surface area (Å²) in [6.07, 6.45) is 0.408. The van der Waals surface area contributed by atoms with Gasteiger partial charge in [-0.3, -0.25) is 4.79 Å². The molecule has 104 valence electrons. The molecule has 6 nitrogen and oxygen atoms in total.